The van der Waals surface area contributed by atoms with Crippen LogP contribution in [0.15, 0.2) is 54.6 Å². The maximum absolute atomic E-state index is 12.8. The Morgan fingerprint density at radius 1 is 1.03 bits per heavy atom. The van der Waals surface area contributed by atoms with Crippen LogP contribution in [0.4, 0.5) is 13.2 Å². The third kappa shape index (κ3) is 8.41. The van der Waals surface area contributed by atoms with E-state index in [4.69, 9.17) is 4.74 Å². The Morgan fingerprint density at radius 3 is 2.32 bits per heavy atom. The number of hydrogen-bond acceptors (Lipinski definition) is 7. The van der Waals surface area contributed by atoms with Gasteiger partial charge in [0.2, 0.25) is 5.91 Å². The Hall–Kier alpha value is -3.73. The predicted molar refractivity (Wildman–Crippen MR) is 131 cm³/mol. The molecular formula is C27H29F3N2O6. The smallest absolute Gasteiger partial charge is 0.466 e. The zero-order valence-electron chi connectivity index (χ0n) is 20.8. The number of carbonyl (C=O) groups is 4. The number of hydrogen-bond donors (Lipinski definition) is 1. The van der Waals surface area contributed by atoms with Crippen molar-refractivity contribution < 1.29 is 41.8 Å². The summed E-state index contributed by atoms with van der Waals surface area (Å²) in [5.41, 5.74) is 2.93. The highest BCUT2D eigenvalue weighted by atomic mass is 19.4. The highest BCUT2D eigenvalue weighted by Crippen LogP contribution is 2.22. The number of esters is 3. The summed E-state index contributed by atoms with van der Waals surface area (Å²) in [5, 5.41) is 2.77. The van der Waals surface area contributed by atoms with Crippen molar-refractivity contribution in [2.75, 3.05) is 19.7 Å². The second-order valence-corrected chi connectivity index (χ2v) is 8.88. The van der Waals surface area contributed by atoms with E-state index in [1.807, 2.05) is 54.6 Å². The van der Waals surface area contributed by atoms with Gasteiger partial charge in [0.25, 0.3) is 0 Å². The Bertz CT molecular complexity index is 1120. The van der Waals surface area contributed by atoms with Gasteiger partial charge >= 0.3 is 24.1 Å². The Morgan fingerprint density at radius 2 is 1.68 bits per heavy atom. The van der Waals surface area contributed by atoms with Crippen LogP contribution in [0.3, 0.4) is 0 Å². The molecule has 1 N–H and O–H groups in total. The lowest BCUT2D eigenvalue weighted by Gasteiger charge is -2.24. The number of ether oxygens (including phenoxy) is 2. The van der Waals surface area contributed by atoms with Crippen LogP contribution >= 0.6 is 0 Å². The molecule has 1 heterocycles. The molecule has 1 aliphatic rings. The van der Waals surface area contributed by atoms with Crippen LogP contribution in [-0.4, -0.2) is 66.7 Å². The second kappa shape index (κ2) is 13.2. The number of amides is 1. The molecular weight excluding hydrogens is 505 g/mol. The first-order chi connectivity index (χ1) is 18.1. The van der Waals surface area contributed by atoms with E-state index >= 15 is 0 Å². The van der Waals surface area contributed by atoms with Gasteiger partial charge in [-0.05, 0) is 49.4 Å². The third-order valence-electron chi connectivity index (χ3n) is 6.03. The summed E-state index contributed by atoms with van der Waals surface area (Å²) in [6.07, 6.45) is -4.47. The van der Waals surface area contributed by atoms with Gasteiger partial charge in [-0.2, -0.15) is 13.2 Å². The van der Waals surface area contributed by atoms with E-state index in [9.17, 15) is 32.3 Å². The van der Waals surface area contributed by atoms with Crippen LogP contribution in [0, 0.1) is 0 Å². The topological polar surface area (TPSA) is 102 Å². The molecule has 3 rings (SSSR count). The highest BCUT2D eigenvalue weighted by molar-refractivity contribution is 5.91. The molecule has 0 aromatic heterocycles. The number of rotatable bonds is 10. The lowest BCUT2D eigenvalue weighted by molar-refractivity contribution is -0.203. The van der Waals surface area contributed by atoms with E-state index < -0.39 is 42.1 Å². The van der Waals surface area contributed by atoms with Gasteiger partial charge in [-0.15, -0.1) is 0 Å². The minimum atomic E-state index is -5.30. The molecule has 2 aromatic rings. The van der Waals surface area contributed by atoms with Gasteiger partial charge in [-0.25, -0.2) is 9.59 Å². The molecule has 1 aliphatic heterocycles. The highest BCUT2D eigenvalue weighted by Gasteiger charge is 2.44. The standard InChI is InChI=1S/C27H29F3N2O6/c1-2-37-24(34)16-21(15-18-10-12-20(13-11-18)19-7-4-3-5-8-19)31-23(33)17-32-14-6-9-22(32)25(35)38-26(36)27(28,29)30/h3-5,7-8,10-13,21-22H,2,6,9,14-17H2,1H3,(H,31,33)/t21-,22?/m1/s1. The first-order valence-electron chi connectivity index (χ1n) is 12.2. The number of carbonyl (C=O) groups excluding carboxylic acids is 4. The summed E-state index contributed by atoms with van der Waals surface area (Å²) in [4.78, 5) is 49.5. The number of benzene rings is 2. The molecule has 1 amide bonds. The first kappa shape index (κ1) is 28.8. The summed E-state index contributed by atoms with van der Waals surface area (Å²) in [6, 6.07) is 15.7. The normalized spacial score (nSPS) is 16.5. The molecule has 2 aromatic carbocycles. The maximum Gasteiger partial charge on any atom is 0.491 e. The fraction of sp³-hybridized carbons (Fsp3) is 0.407. The fourth-order valence-electron chi connectivity index (χ4n) is 4.30. The number of nitrogens with one attached hydrogen (secondary N) is 1. The monoisotopic (exact) mass is 534 g/mol. The third-order valence-corrected chi connectivity index (χ3v) is 6.03. The van der Waals surface area contributed by atoms with Gasteiger partial charge in [0, 0.05) is 6.04 Å². The van der Waals surface area contributed by atoms with Gasteiger partial charge in [0.1, 0.15) is 6.04 Å². The van der Waals surface area contributed by atoms with Crippen molar-refractivity contribution in [1.82, 2.24) is 10.2 Å². The van der Waals surface area contributed by atoms with E-state index in [-0.39, 0.29) is 32.5 Å². The minimum absolute atomic E-state index is 0.0917. The van der Waals surface area contributed by atoms with Gasteiger partial charge in [0.05, 0.1) is 19.6 Å². The van der Waals surface area contributed by atoms with E-state index in [2.05, 4.69) is 10.1 Å². The van der Waals surface area contributed by atoms with Crippen LogP contribution in [-0.2, 0) is 35.1 Å². The summed E-state index contributed by atoms with van der Waals surface area (Å²) < 4.78 is 46.3. The summed E-state index contributed by atoms with van der Waals surface area (Å²) in [6.45, 7) is 1.80. The molecule has 0 radical (unpaired) electrons. The zero-order valence-corrected chi connectivity index (χ0v) is 20.8. The molecule has 1 fully saturated rings. The van der Waals surface area contributed by atoms with Crippen LogP contribution < -0.4 is 5.32 Å². The zero-order chi connectivity index (χ0) is 27.7. The van der Waals surface area contributed by atoms with Crippen molar-refractivity contribution in [3.8, 4) is 11.1 Å². The molecule has 0 aliphatic carbocycles. The average Bonchev–Trinajstić information content (AvgIpc) is 3.32. The summed E-state index contributed by atoms with van der Waals surface area (Å²) in [5.74, 6) is -4.96. The molecule has 0 bridgehead atoms. The molecule has 2 atom stereocenters. The van der Waals surface area contributed by atoms with Gasteiger partial charge in [0.15, 0.2) is 0 Å². The van der Waals surface area contributed by atoms with Crippen molar-refractivity contribution in [3.05, 3.63) is 60.2 Å². The number of nitrogens with zero attached hydrogens (tertiary/aromatic N) is 1. The summed E-state index contributed by atoms with van der Waals surface area (Å²) >= 11 is 0. The SMILES string of the molecule is CCOC(=O)C[C@@H](Cc1ccc(-c2ccccc2)cc1)NC(=O)CN1CCCC1C(=O)OC(=O)C(F)(F)F. The second-order valence-electron chi connectivity index (χ2n) is 8.88. The van der Waals surface area contributed by atoms with E-state index in [0.29, 0.717) is 12.8 Å². The van der Waals surface area contributed by atoms with Crippen molar-refractivity contribution in [1.29, 1.82) is 0 Å². The molecule has 1 unspecified atom stereocenters. The van der Waals surface area contributed by atoms with E-state index in [0.717, 1.165) is 16.7 Å². The Balaban J connectivity index is 1.63. The average molecular weight is 535 g/mol. The van der Waals surface area contributed by atoms with Crippen LogP contribution in [0.1, 0.15) is 31.7 Å². The van der Waals surface area contributed by atoms with Gasteiger partial charge in [-0.3, -0.25) is 14.5 Å². The van der Waals surface area contributed by atoms with E-state index in [1.165, 1.54) is 4.90 Å². The molecule has 204 valence electrons. The fourth-order valence-corrected chi connectivity index (χ4v) is 4.30. The van der Waals surface area contributed by atoms with Crippen molar-refractivity contribution in [2.45, 2.75) is 50.9 Å². The lowest BCUT2D eigenvalue weighted by Crippen LogP contribution is -2.47. The van der Waals surface area contributed by atoms with Crippen molar-refractivity contribution in [2.24, 2.45) is 0 Å². The van der Waals surface area contributed by atoms with Crippen LogP contribution in [0.5, 0.6) is 0 Å². The van der Waals surface area contributed by atoms with E-state index in [1.54, 1.807) is 6.92 Å². The van der Waals surface area contributed by atoms with Gasteiger partial charge < -0.3 is 14.8 Å². The lowest BCUT2D eigenvalue weighted by atomic mass is 9.99. The van der Waals surface area contributed by atoms with Crippen LogP contribution in [0.2, 0.25) is 0 Å². The summed E-state index contributed by atoms with van der Waals surface area (Å²) in [7, 11) is 0. The molecule has 0 spiro atoms. The molecule has 0 saturated carbocycles. The first-order valence-corrected chi connectivity index (χ1v) is 12.2. The number of likely N-dealkylation sites (tertiary alicyclic amines) is 1. The maximum atomic E-state index is 12.8. The van der Waals surface area contributed by atoms with Crippen molar-refractivity contribution >= 4 is 23.8 Å². The van der Waals surface area contributed by atoms with Crippen LogP contribution in [0.25, 0.3) is 11.1 Å². The van der Waals surface area contributed by atoms with Gasteiger partial charge in [-0.1, -0.05) is 54.6 Å². The molecule has 38 heavy (non-hydrogen) atoms. The number of halogens is 3. The Labute approximate surface area is 218 Å². The minimum Gasteiger partial charge on any atom is -0.466 e. The quantitative estimate of drug-likeness (QED) is 0.368. The molecule has 8 nitrogen and oxygen atoms in total. The molecule has 11 heteroatoms. The number of alkyl halides is 3. The largest absolute Gasteiger partial charge is 0.491 e. The molecule has 1 saturated heterocycles. The Kier molecular flexibility index (Phi) is 10.0. The van der Waals surface area contributed by atoms with Crippen molar-refractivity contribution in [3.63, 3.8) is 0 Å². The predicted octanol–water partition coefficient (Wildman–Crippen LogP) is 3.43.